The Bertz CT molecular complexity index is 247. The zero-order chi connectivity index (χ0) is 16.4. The highest BCUT2D eigenvalue weighted by molar-refractivity contribution is 4.85. The van der Waals surface area contributed by atoms with Crippen LogP contribution in [0, 0.1) is 0 Å². The molecule has 0 N–H and O–H groups in total. The van der Waals surface area contributed by atoms with Gasteiger partial charge in [-0.2, -0.15) is 0 Å². The van der Waals surface area contributed by atoms with Gasteiger partial charge < -0.3 is 4.74 Å². The van der Waals surface area contributed by atoms with Crippen LogP contribution < -0.4 is 0 Å². The average Bonchev–Trinajstić information content (AvgIpc) is 3.42. The summed E-state index contributed by atoms with van der Waals surface area (Å²) in [6.07, 6.45) is 29.3. The number of hydrogen-bond donors (Lipinski definition) is 0. The Hall–Kier alpha value is -0.300. The lowest BCUT2D eigenvalue weighted by molar-refractivity contribution is 0.387. The van der Waals surface area contributed by atoms with Gasteiger partial charge in [0, 0.05) is 0 Å². The van der Waals surface area contributed by atoms with E-state index in [9.17, 15) is 0 Å². The Labute approximate surface area is 146 Å². The summed E-state index contributed by atoms with van der Waals surface area (Å²) >= 11 is 0. The molecule has 1 unspecified atom stereocenters. The first-order chi connectivity index (χ1) is 11.4. The van der Waals surface area contributed by atoms with Crippen molar-refractivity contribution in [3.63, 3.8) is 0 Å². The van der Waals surface area contributed by atoms with Gasteiger partial charge in [-0.25, -0.2) is 0 Å². The van der Waals surface area contributed by atoms with E-state index in [1.807, 2.05) is 0 Å². The molecule has 0 spiro atoms. The van der Waals surface area contributed by atoms with Crippen LogP contribution in [0.1, 0.15) is 116 Å². The highest BCUT2D eigenvalue weighted by atomic mass is 16.6. The van der Waals surface area contributed by atoms with Crippen LogP contribution in [0.3, 0.4) is 0 Å². The van der Waals surface area contributed by atoms with E-state index in [0.717, 1.165) is 6.61 Å². The third-order valence-electron chi connectivity index (χ3n) is 4.94. The minimum absolute atomic E-state index is 0.651. The van der Waals surface area contributed by atoms with E-state index in [4.69, 9.17) is 4.74 Å². The maximum absolute atomic E-state index is 5.21. The lowest BCUT2D eigenvalue weighted by Crippen LogP contribution is -1.86. The molecule has 1 heteroatoms. The molecule has 0 aromatic heterocycles. The summed E-state index contributed by atoms with van der Waals surface area (Å²) in [5, 5.41) is 0. The number of allylic oxidation sites excluding steroid dienone is 2. The van der Waals surface area contributed by atoms with Gasteiger partial charge in [0.15, 0.2) is 0 Å². The first kappa shape index (κ1) is 20.7. The molecule has 1 aliphatic heterocycles. The largest absolute Gasteiger partial charge is 0.373 e. The Morgan fingerprint density at radius 1 is 0.696 bits per heavy atom. The van der Waals surface area contributed by atoms with Crippen molar-refractivity contribution in [2.45, 2.75) is 122 Å². The number of ether oxygens (including phenoxy) is 1. The highest BCUT2D eigenvalue weighted by Crippen LogP contribution is 2.18. The Morgan fingerprint density at radius 2 is 1.13 bits per heavy atom. The second-order valence-corrected chi connectivity index (χ2v) is 7.39. The van der Waals surface area contributed by atoms with Gasteiger partial charge in [-0.05, 0) is 32.1 Å². The van der Waals surface area contributed by atoms with Gasteiger partial charge in [0.05, 0.1) is 12.7 Å². The average molecular weight is 323 g/mol. The van der Waals surface area contributed by atoms with E-state index in [1.165, 1.54) is 109 Å². The lowest BCUT2D eigenvalue weighted by atomic mass is 10.0. The fourth-order valence-corrected chi connectivity index (χ4v) is 3.21. The van der Waals surface area contributed by atoms with E-state index < -0.39 is 0 Å². The first-order valence-electron chi connectivity index (χ1n) is 10.7. The van der Waals surface area contributed by atoms with Crippen molar-refractivity contribution in [1.82, 2.24) is 0 Å². The van der Waals surface area contributed by atoms with E-state index in [2.05, 4.69) is 19.1 Å². The number of hydrogen-bond acceptors (Lipinski definition) is 1. The van der Waals surface area contributed by atoms with Crippen molar-refractivity contribution in [1.29, 1.82) is 0 Å². The fourth-order valence-electron chi connectivity index (χ4n) is 3.21. The molecule has 1 heterocycles. The van der Waals surface area contributed by atoms with Crippen molar-refractivity contribution < 1.29 is 4.74 Å². The van der Waals surface area contributed by atoms with Crippen LogP contribution in [0.15, 0.2) is 12.2 Å². The van der Waals surface area contributed by atoms with E-state index in [0.29, 0.717) is 6.10 Å². The van der Waals surface area contributed by atoms with Crippen LogP contribution in [-0.2, 0) is 4.74 Å². The molecule has 0 bridgehead atoms. The van der Waals surface area contributed by atoms with Crippen molar-refractivity contribution in [3.05, 3.63) is 12.2 Å². The quantitative estimate of drug-likeness (QED) is 0.193. The third kappa shape index (κ3) is 16.3. The molecule has 0 aromatic rings. The predicted octanol–water partition coefficient (Wildman–Crippen LogP) is 7.59. The number of rotatable bonds is 13. The Balaban J connectivity index is 0.000000366. The topological polar surface area (TPSA) is 12.5 Å². The van der Waals surface area contributed by atoms with Crippen molar-refractivity contribution in [2.75, 3.05) is 6.61 Å². The summed E-state index contributed by atoms with van der Waals surface area (Å²) in [6, 6.07) is 0. The fraction of sp³-hybridized carbons (Fsp3) is 0.909. The highest BCUT2D eigenvalue weighted by Gasteiger charge is 2.20. The van der Waals surface area contributed by atoms with Gasteiger partial charge in [-0.1, -0.05) is 96.1 Å². The van der Waals surface area contributed by atoms with Crippen LogP contribution in [0.2, 0.25) is 0 Å². The molecule has 1 atom stereocenters. The summed E-state index contributed by atoms with van der Waals surface area (Å²) in [4.78, 5) is 0. The predicted molar refractivity (Wildman–Crippen MR) is 103 cm³/mol. The van der Waals surface area contributed by atoms with Gasteiger partial charge >= 0.3 is 0 Å². The molecular weight excluding hydrogens is 280 g/mol. The van der Waals surface area contributed by atoms with Gasteiger partial charge in [-0.15, -0.1) is 0 Å². The molecule has 0 saturated carbocycles. The second kappa shape index (κ2) is 16.6. The first-order valence-corrected chi connectivity index (χ1v) is 10.7. The van der Waals surface area contributed by atoms with E-state index in [-0.39, 0.29) is 0 Å². The summed E-state index contributed by atoms with van der Waals surface area (Å²) in [5.41, 5.74) is 0. The Kier molecular flexibility index (Phi) is 14.9. The molecule has 136 valence electrons. The summed E-state index contributed by atoms with van der Waals surface area (Å²) in [7, 11) is 0. The minimum atomic E-state index is 0.651. The van der Waals surface area contributed by atoms with E-state index in [1.54, 1.807) is 0 Å². The smallest absolute Gasteiger partial charge is 0.0810 e. The zero-order valence-corrected chi connectivity index (χ0v) is 15.9. The Morgan fingerprint density at radius 3 is 1.48 bits per heavy atom. The molecule has 0 amide bonds. The standard InChI is InChI=1S/C16H32O.C6H10/c1-2-3-4-5-6-7-8-9-10-11-12-13-14-16-15-17-16;1-2-4-6-5-3-1/h16H,2-15H2,1H3;1-2H,3-6H2. The molecule has 2 aliphatic rings. The normalized spacial score (nSPS) is 19.3. The molecule has 1 nitrogen and oxygen atoms in total. The molecule has 1 aliphatic carbocycles. The van der Waals surface area contributed by atoms with Crippen LogP contribution >= 0.6 is 0 Å². The third-order valence-corrected chi connectivity index (χ3v) is 4.94. The monoisotopic (exact) mass is 322 g/mol. The molecule has 1 saturated heterocycles. The number of unbranched alkanes of at least 4 members (excludes halogenated alkanes) is 11. The molecular formula is C22H42O. The van der Waals surface area contributed by atoms with E-state index >= 15 is 0 Å². The molecule has 0 aromatic carbocycles. The van der Waals surface area contributed by atoms with Crippen LogP contribution in [0.4, 0.5) is 0 Å². The van der Waals surface area contributed by atoms with Crippen molar-refractivity contribution in [3.8, 4) is 0 Å². The molecule has 1 fully saturated rings. The maximum Gasteiger partial charge on any atom is 0.0810 e. The maximum atomic E-state index is 5.21. The molecule has 2 rings (SSSR count). The lowest BCUT2D eigenvalue weighted by Gasteiger charge is -2.02. The van der Waals surface area contributed by atoms with Gasteiger partial charge in [-0.3, -0.25) is 0 Å². The zero-order valence-electron chi connectivity index (χ0n) is 15.9. The molecule has 0 radical (unpaired) electrons. The summed E-state index contributed by atoms with van der Waals surface area (Å²) in [6.45, 7) is 3.33. The number of epoxide rings is 1. The van der Waals surface area contributed by atoms with Gasteiger partial charge in [0.25, 0.3) is 0 Å². The summed E-state index contributed by atoms with van der Waals surface area (Å²) in [5.74, 6) is 0. The van der Waals surface area contributed by atoms with Crippen molar-refractivity contribution >= 4 is 0 Å². The van der Waals surface area contributed by atoms with Gasteiger partial charge in [0.2, 0.25) is 0 Å². The van der Waals surface area contributed by atoms with Crippen molar-refractivity contribution in [2.24, 2.45) is 0 Å². The van der Waals surface area contributed by atoms with Gasteiger partial charge in [0.1, 0.15) is 0 Å². The SMILES string of the molecule is C1=CCCCC1.CCCCCCCCCCCCCCC1CO1. The molecule has 23 heavy (non-hydrogen) atoms. The summed E-state index contributed by atoms with van der Waals surface area (Å²) < 4.78 is 5.21. The van der Waals surface area contributed by atoms with Crippen LogP contribution in [0.5, 0.6) is 0 Å². The minimum Gasteiger partial charge on any atom is -0.373 e. The van der Waals surface area contributed by atoms with Crippen LogP contribution in [0.25, 0.3) is 0 Å². The van der Waals surface area contributed by atoms with Crippen LogP contribution in [-0.4, -0.2) is 12.7 Å². The second-order valence-electron chi connectivity index (χ2n) is 7.39.